The van der Waals surface area contributed by atoms with Crippen molar-refractivity contribution in [2.24, 2.45) is 5.41 Å². The van der Waals surface area contributed by atoms with Crippen molar-refractivity contribution in [2.45, 2.75) is 39.2 Å². The number of allylic oxidation sites excluding steroid dienone is 3. The lowest BCUT2D eigenvalue weighted by Gasteiger charge is -2.33. The molecule has 3 aromatic carbocycles. The van der Waals surface area contributed by atoms with E-state index < -0.39 is 5.60 Å². The second-order valence-corrected chi connectivity index (χ2v) is 11.1. The predicted molar refractivity (Wildman–Crippen MR) is 140 cm³/mol. The molecule has 1 heterocycles. The van der Waals surface area contributed by atoms with E-state index in [1.165, 1.54) is 5.57 Å². The molecule has 0 aliphatic heterocycles. The SMILES string of the molecule is [B]c1cc2c(c3c1oc1ccccc13)-c1ccc(Br)cc1C2(O)C1=CC=C(C(C)(C)C)CC1. The molecule has 2 aliphatic carbocycles. The second-order valence-electron chi connectivity index (χ2n) is 10.2. The fourth-order valence-electron chi connectivity index (χ4n) is 5.58. The van der Waals surface area contributed by atoms with Crippen LogP contribution in [-0.4, -0.2) is 13.0 Å². The van der Waals surface area contributed by atoms with Crippen molar-refractivity contribution in [3.05, 3.63) is 87.4 Å². The number of halogens is 1. The summed E-state index contributed by atoms with van der Waals surface area (Å²) in [6.45, 7) is 6.72. The fraction of sp³-hybridized carbons (Fsp3) is 0.241. The number of hydrogen-bond donors (Lipinski definition) is 1. The van der Waals surface area contributed by atoms with E-state index in [1.54, 1.807) is 0 Å². The summed E-state index contributed by atoms with van der Waals surface area (Å²) in [5, 5.41) is 14.5. The molecule has 1 aromatic heterocycles. The van der Waals surface area contributed by atoms with Crippen LogP contribution in [0, 0.1) is 5.41 Å². The summed E-state index contributed by atoms with van der Waals surface area (Å²) in [5.41, 5.74) is 7.08. The van der Waals surface area contributed by atoms with E-state index in [1.807, 2.05) is 36.4 Å². The maximum atomic E-state index is 12.5. The molecule has 1 unspecified atom stereocenters. The Labute approximate surface area is 203 Å². The molecule has 2 radical (unpaired) electrons. The van der Waals surface area contributed by atoms with Crippen LogP contribution in [0.5, 0.6) is 0 Å². The van der Waals surface area contributed by atoms with Crippen LogP contribution in [0.1, 0.15) is 44.7 Å². The topological polar surface area (TPSA) is 33.4 Å². The summed E-state index contributed by atoms with van der Waals surface area (Å²) >= 11 is 3.63. The zero-order chi connectivity index (χ0) is 23.1. The van der Waals surface area contributed by atoms with Gasteiger partial charge >= 0.3 is 0 Å². The number of hydrogen-bond acceptors (Lipinski definition) is 2. The van der Waals surface area contributed by atoms with Gasteiger partial charge in [-0.3, -0.25) is 0 Å². The van der Waals surface area contributed by atoms with E-state index in [0.717, 1.165) is 61.5 Å². The van der Waals surface area contributed by atoms with Gasteiger partial charge in [-0.05, 0) is 47.6 Å². The molecule has 2 aliphatic rings. The number of rotatable bonds is 1. The zero-order valence-corrected chi connectivity index (χ0v) is 20.6. The minimum Gasteiger partial charge on any atom is -0.457 e. The molecule has 4 heteroatoms. The van der Waals surface area contributed by atoms with Crippen LogP contribution in [0.15, 0.2) is 80.7 Å². The largest absolute Gasteiger partial charge is 0.457 e. The van der Waals surface area contributed by atoms with Gasteiger partial charge in [0, 0.05) is 31.9 Å². The monoisotopic (exact) mass is 494 g/mol. The highest BCUT2D eigenvalue weighted by Gasteiger charge is 2.46. The number of benzene rings is 3. The normalized spacial score (nSPS) is 20.0. The van der Waals surface area contributed by atoms with Crippen molar-refractivity contribution >= 4 is 51.2 Å². The molecule has 1 N–H and O–H groups in total. The van der Waals surface area contributed by atoms with Crippen LogP contribution in [0.3, 0.4) is 0 Å². The van der Waals surface area contributed by atoms with Crippen LogP contribution in [0.2, 0.25) is 0 Å². The van der Waals surface area contributed by atoms with Gasteiger partial charge in [-0.1, -0.05) is 90.2 Å². The van der Waals surface area contributed by atoms with Crippen molar-refractivity contribution in [3.8, 4) is 11.1 Å². The molecule has 0 saturated heterocycles. The molecule has 4 aromatic rings. The van der Waals surface area contributed by atoms with Gasteiger partial charge in [0.2, 0.25) is 0 Å². The Bertz CT molecular complexity index is 1530. The van der Waals surface area contributed by atoms with Crippen LogP contribution in [0.25, 0.3) is 33.1 Å². The van der Waals surface area contributed by atoms with Gasteiger partial charge in [0.15, 0.2) is 0 Å². The summed E-state index contributed by atoms with van der Waals surface area (Å²) in [5.74, 6) is 0. The Balaban J connectivity index is 1.71. The number of para-hydroxylation sites is 1. The lowest BCUT2D eigenvalue weighted by Crippen LogP contribution is -2.30. The molecular weight excluding hydrogens is 471 g/mol. The van der Waals surface area contributed by atoms with Gasteiger partial charge in [-0.25, -0.2) is 0 Å². The van der Waals surface area contributed by atoms with Crippen molar-refractivity contribution in [3.63, 3.8) is 0 Å². The first-order chi connectivity index (χ1) is 15.7. The number of aliphatic hydroxyl groups is 1. The molecular formula is C29H24BBrO2. The van der Waals surface area contributed by atoms with Crippen LogP contribution in [0.4, 0.5) is 0 Å². The lowest BCUT2D eigenvalue weighted by molar-refractivity contribution is 0.121. The number of furan rings is 1. The van der Waals surface area contributed by atoms with Gasteiger partial charge in [0.05, 0.1) is 0 Å². The molecule has 6 rings (SSSR count). The first-order valence-corrected chi connectivity index (χ1v) is 12.2. The second kappa shape index (κ2) is 6.97. The summed E-state index contributed by atoms with van der Waals surface area (Å²) < 4.78 is 7.11. The zero-order valence-electron chi connectivity index (χ0n) is 19.0. The van der Waals surface area contributed by atoms with E-state index in [9.17, 15) is 5.11 Å². The Morgan fingerprint density at radius 1 is 1.00 bits per heavy atom. The molecule has 162 valence electrons. The fourth-order valence-corrected chi connectivity index (χ4v) is 5.94. The summed E-state index contributed by atoms with van der Waals surface area (Å²) in [6, 6.07) is 16.1. The summed E-state index contributed by atoms with van der Waals surface area (Å²) in [4.78, 5) is 0. The molecule has 2 nitrogen and oxygen atoms in total. The summed E-state index contributed by atoms with van der Waals surface area (Å²) in [7, 11) is 6.54. The Kier molecular flexibility index (Phi) is 4.44. The van der Waals surface area contributed by atoms with Gasteiger partial charge in [0.1, 0.15) is 24.6 Å². The minimum absolute atomic E-state index is 0.117. The Morgan fingerprint density at radius 3 is 2.52 bits per heavy atom. The molecule has 0 saturated carbocycles. The van der Waals surface area contributed by atoms with E-state index >= 15 is 0 Å². The van der Waals surface area contributed by atoms with Gasteiger partial charge in [0.25, 0.3) is 0 Å². The average molecular weight is 495 g/mol. The highest BCUT2D eigenvalue weighted by molar-refractivity contribution is 9.10. The maximum absolute atomic E-state index is 12.5. The first-order valence-electron chi connectivity index (χ1n) is 11.4. The van der Waals surface area contributed by atoms with E-state index in [4.69, 9.17) is 12.3 Å². The van der Waals surface area contributed by atoms with E-state index in [2.05, 4.69) is 61.0 Å². The average Bonchev–Trinajstić information content (AvgIpc) is 3.29. The predicted octanol–water partition coefficient (Wildman–Crippen LogP) is 7.05. The lowest BCUT2D eigenvalue weighted by atomic mass is 9.74. The maximum Gasteiger partial charge on any atom is 0.138 e. The van der Waals surface area contributed by atoms with E-state index in [0.29, 0.717) is 11.0 Å². The third-order valence-corrected chi connectivity index (χ3v) is 7.78. The van der Waals surface area contributed by atoms with Crippen LogP contribution >= 0.6 is 15.9 Å². The third kappa shape index (κ3) is 2.90. The van der Waals surface area contributed by atoms with Crippen LogP contribution < -0.4 is 5.46 Å². The highest BCUT2D eigenvalue weighted by atomic mass is 79.9. The Morgan fingerprint density at radius 2 is 1.79 bits per heavy atom. The number of fused-ring (bicyclic) bond motifs is 7. The molecule has 0 bridgehead atoms. The molecule has 0 spiro atoms. The molecule has 1 atom stereocenters. The van der Waals surface area contributed by atoms with Crippen LogP contribution in [-0.2, 0) is 5.60 Å². The van der Waals surface area contributed by atoms with Crippen molar-refractivity contribution in [2.75, 3.05) is 0 Å². The summed E-state index contributed by atoms with van der Waals surface area (Å²) in [6.07, 6.45) is 6.05. The third-order valence-electron chi connectivity index (χ3n) is 7.28. The van der Waals surface area contributed by atoms with Crippen molar-refractivity contribution < 1.29 is 9.52 Å². The quantitative estimate of drug-likeness (QED) is 0.287. The first kappa shape index (κ1) is 21.0. The smallest absolute Gasteiger partial charge is 0.138 e. The Hall–Kier alpha value is -2.56. The molecule has 0 fully saturated rings. The minimum atomic E-state index is -1.24. The van der Waals surface area contributed by atoms with Gasteiger partial charge in [-0.15, -0.1) is 0 Å². The van der Waals surface area contributed by atoms with E-state index in [-0.39, 0.29) is 5.41 Å². The molecule has 33 heavy (non-hydrogen) atoms. The van der Waals surface area contributed by atoms with Gasteiger partial charge in [-0.2, -0.15) is 0 Å². The molecule has 0 amide bonds. The highest BCUT2D eigenvalue weighted by Crippen LogP contribution is 2.56. The van der Waals surface area contributed by atoms with Crippen molar-refractivity contribution in [1.29, 1.82) is 0 Å². The van der Waals surface area contributed by atoms with Gasteiger partial charge < -0.3 is 9.52 Å². The standard InChI is InChI=1S/C29H24BBrO2/c1-28(2,3)16-8-10-17(11-9-16)29(32)21-14-18(31)12-13-19(21)25-22(29)15-23(30)27-26(25)20-6-4-5-7-24(20)33-27/h4-8,10,12-15,32H,9,11H2,1-3H3. The van der Waals surface area contributed by atoms with Crippen molar-refractivity contribution in [1.82, 2.24) is 0 Å².